The maximum atomic E-state index is 11.5. The van der Waals surface area contributed by atoms with Gasteiger partial charge in [-0.15, -0.1) is 9.24 Å². The van der Waals surface area contributed by atoms with Gasteiger partial charge in [-0.3, -0.25) is 0 Å². The van der Waals surface area contributed by atoms with E-state index in [4.69, 9.17) is 9.47 Å². The smallest absolute Gasteiger partial charge is 0.744 e. The first kappa shape index (κ1) is 22.3. The minimum Gasteiger partial charge on any atom is -0.744 e. The van der Waals surface area contributed by atoms with Gasteiger partial charge in [0, 0.05) is 0 Å². The van der Waals surface area contributed by atoms with Gasteiger partial charge in [-0.25, -0.2) is 8.42 Å². The Hall–Kier alpha value is -0.660. The molecule has 0 aliphatic carbocycles. The van der Waals surface area contributed by atoms with Gasteiger partial charge in [-0.05, 0) is 16.9 Å². The molecule has 0 bridgehead atoms. The van der Waals surface area contributed by atoms with Crippen molar-refractivity contribution in [2.45, 2.75) is 4.90 Å². The molecule has 1 unspecified atom stereocenters. The second-order valence-electron chi connectivity index (χ2n) is 4.23. The molecule has 0 spiro atoms. The summed E-state index contributed by atoms with van der Waals surface area (Å²) < 4.78 is 45.1. The van der Waals surface area contributed by atoms with E-state index in [0.717, 1.165) is 0 Å². The van der Waals surface area contributed by atoms with E-state index in [9.17, 15) is 13.0 Å². The summed E-state index contributed by atoms with van der Waals surface area (Å²) >= 11 is 0. The molecule has 2 aromatic carbocycles. The summed E-state index contributed by atoms with van der Waals surface area (Å²) in [7, 11) is 0.327. The molecule has 0 aliphatic rings. The first-order chi connectivity index (χ1) is 9.90. The Morgan fingerprint density at radius 3 is 2.09 bits per heavy atom. The van der Waals surface area contributed by atoms with Crippen LogP contribution in [0.25, 0.3) is 11.1 Å². The second-order valence-corrected chi connectivity index (χ2v) is 6.16. The Kier molecular flexibility index (Phi) is 8.73. The van der Waals surface area contributed by atoms with Crippen molar-refractivity contribution in [1.82, 2.24) is 0 Å². The fraction of sp³-hybridized carbons (Fsp3) is 0.143. The van der Waals surface area contributed by atoms with Crippen molar-refractivity contribution < 1.29 is 57.5 Å². The number of hydrogen-bond acceptors (Lipinski definition) is 5. The summed E-state index contributed by atoms with van der Waals surface area (Å²) in [5, 5.41) is 0.207. The van der Waals surface area contributed by atoms with E-state index >= 15 is 0 Å². The molecule has 0 saturated carbocycles. The summed E-state index contributed by atoms with van der Waals surface area (Å²) in [5.74, 6) is 0.413. The fourth-order valence-electron chi connectivity index (χ4n) is 2.13. The average molecular weight is 366 g/mol. The van der Waals surface area contributed by atoms with Crippen molar-refractivity contribution >= 4 is 24.7 Å². The van der Waals surface area contributed by atoms with Crippen LogP contribution in [0.3, 0.4) is 0 Å². The molecule has 2 N–H and O–H groups in total. The SMILES string of the molecule is COc1cc(P)c(S(=O)(=O)[O-])c(OC)c1-c1ccccc1.O.[Na+]. The van der Waals surface area contributed by atoms with Crippen molar-refractivity contribution in [3.63, 3.8) is 0 Å². The maximum Gasteiger partial charge on any atom is 1.00 e. The Morgan fingerprint density at radius 2 is 1.65 bits per heavy atom. The van der Waals surface area contributed by atoms with Gasteiger partial charge in [-0.1, -0.05) is 30.3 Å². The molecular formula is C14H16NaO6PS. The van der Waals surface area contributed by atoms with Crippen LogP contribution in [0.5, 0.6) is 11.5 Å². The van der Waals surface area contributed by atoms with E-state index in [2.05, 4.69) is 9.24 Å². The quantitative estimate of drug-likeness (QED) is 0.352. The van der Waals surface area contributed by atoms with Gasteiger partial charge < -0.3 is 19.5 Å². The zero-order valence-electron chi connectivity index (χ0n) is 13.0. The van der Waals surface area contributed by atoms with E-state index in [-0.39, 0.29) is 46.1 Å². The molecule has 0 fully saturated rings. The van der Waals surface area contributed by atoms with Crippen molar-refractivity contribution in [3.8, 4) is 22.6 Å². The Balaban J connectivity index is 0.00000242. The third-order valence-electron chi connectivity index (χ3n) is 2.96. The molecule has 120 valence electrons. The summed E-state index contributed by atoms with van der Waals surface area (Å²) in [5.41, 5.74) is 1.13. The Morgan fingerprint density at radius 1 is 1.09 bits per heavy atom. The predicted octanol–water partition coefficient (Wildman–Crippen LogP) is -2.05. The number of rotatable bonds is 4. The van der Waals surface area contributed by atoms with Crippen LogP contribution in [0.2, 0.25) is 0 Å². The van der Waals surface area contributed by atoms with Crippen LogP contribution in [-0.4, -0.2) is 32.7 Å². The molecule has 0 saturated heterocycles. The van der Waals surface area contributed by atoms with Gasteiger partial charge in [0.05, 0.1) is 19.8 Å². The summed E-state index contributed by atoms with van der Waals surface area (Å²) in [6.45, 7) is 0. The molecule has 9 heteroatoms. The first-order valence-electron chi connectivity index (χ1n) is 5.96. The van der Waals surface area contributed by atoms with Crippen LogP contribution in [0, 0.1) is 0 Å². The zero-order valence-corrected chi connectivity index (χ0v) is 17.0. The molecule has 0 heterocycles. The zero-order chi connectivity index (χ0) is 15.6. The molecule has 2 aromatic rings. The van der Waals surface area contributed by atoms with E-state index < -0.39 is 15.0 Å². The summed E-state index contributed by atoms with van der Waals surface area (Å²) in [4.78, 5) is -0.394. The third kappa shape index (κ3) is 4.67. The minimum atomic E-state index is -4.68. The fourth-order valence-corrected chi connectivity index (χ4v) is 3.60. The van der Waals surface area contributed by atoms with E-state index in [1.165, 1.54) is 20.3 Å². The topological polar surface area (TPSA) is 107 Å². The monoisotopic (exact) mass is 366 g/mol. The van der Waals surface area contributed by atoms with Crippen molar-refractivity contribution in [2.75, 3.05) is 14.2 Å². The normalized spacial score (nSPS) is 10.3. The third-order valence-corrected chi connectivity index (χ3v) is 4.55. The van der Waals surface area contributed by atoms with Gasteiger partial charge in [0.2, 0.25) is 0 Å². The summed E-state index contributed by atoms with van der Waals surface area (Å²) in [6.07, 6.45) is 0. The van der Waals surface area contributed by atoms with Gasteiger partial charge in [0.15, 0.2) is 0 Å². The molecule has 0 aromatic heterocycles. The molecule has 23 heavy (non-hydrogen) atoms. The number of methoxy groups -OCH3 is 2. The molecular weight excluding hydrogens is 350 g/mol. The number of ether oxygens (including phenoxy) is 2. The maximum absolute atomic E-state index is 11.5. The van der Waals surface area contributed by atoms with E-state index in [1.807, 2.05) is 6.07 Å². The van der Waals surface area contributed by atoms with Gasteiger partial charge in [0.1, 0.15) is 26.5 Å². The molecule has 0 aliphatic heterocycles. The largest absolute Gasteiger partial charge is 1.00 e. The van der Waals surface area contributed by atoms with Crippen molar-refractivity contribution in [3.05, 3.63) is 36.4 Å². The standard InChI is InChI=1S/C14H15O5PS.Na.H2O/c1-18-10-8-11(20)14(21(15,16)17)13(19-2)12(10)9-6-4-3-5-7-9;;/h3-8H,20H2,1-2H3,(H,15,16,17);;1H2/q;+1;/p-1. The van der Waals surface area contributed by atoms with Crippen LogP contribution in [0.4, 0.5) is 0 Å². The summed E-state index contributed by atoms with van der Waals surface area (Å²) in [6, 6.07) is 10.5. The van der Waals surface area contributed by atoms with Crippen LogP contribution in [0.15, 0.2) is 41.3 Å². The molecule has 1 atom stereocenters. The number of hydrogen-bond donors (Lipinski definition) is 0. The van der Waals surface area contributed by atoms with Crippen LogP contribution in [0.1, 0.15) is 0 Å². The predicted molar refractivity (Wildman–Crippen MR) is 85.9 cm³/mol. The molecule has 0 radical (unpaired) electrons. The molecule has 2 rings (SSSR count). The van der Waals surface area contributed by atoms with Crippen molar-refractivity contribution in [1.29, 1.82) is 0 Å². The Labute approximate surface area is 159 Å². The molecule has 0 amide bonds. The van der Waals surface area contributed by atoms with E-state index in [1.54, 1.807) is 24.3 Å². The van der Waals surface area contributed by atoms with Gasteiger partial charge >= 0.3 is 29.6 Å². The van der Waals surface area contributed by atoms with Gasteiger partial charge in [0.25, 0.3) is 0 Å². The van der Waals surface area contributed by atoms with Crippen LogP contribution < -0.4 is 44.3 Å². The number of benzene rings is 2. The minimum absolute atomic E-state index is 0. The van der Waals surface area contributed by atoms with Crippen LogP contribution >= 0.6 is 9.24 Å². The van der Waals surface area contributed by atoms with Crippen LogP contribution in [-0.2, 0) is 10.1 Å². The average Bonchev–Trinajstić information content (AvgIpc) is 2.45. The van der Waals surface area contributed by atoms with Crippen molar-refractivity contribution in [2.24, 2.45) is 0 Å². The first-order valence-corrected chi connectivity index (χ1v) is 7.94. The molecule has 6 nitrogen and oxygen atoms in total. The van der Waals surface area contributed by atoms with Gasteiger partial charge in [-0.2, -0.15) is 0 Å². The second kappa shape index (κ2) is 8.99. The van der Waals surface area contributed by atoms with E-state index in [0.29, 0.717) is 16.9 Å². The Bertz CT molecular complexity index is 765.